The fraction of sp³-hybridized carbons (Fsp3) is 0.0588. The number of amides is 1. The Morgan fingerprint density at radius 2 is 1.78 bits per heavy atom. The van der Waals surface area contributed by atoms with Gasteiger partial charge in [0.25, 0.3) is 5.91 Å². The van der Waals surface area contributed by atoms with E-state index in [0.717, 1.165) is 5.56 Å². The molecule has 2 heterocycles. The summed E-state index contributed by atoms with van der Waals surface area (Å²) < 4.78 is 0. The Bertz CT molecular complexity index is 813. The number of carbonyl (C=O) groups is 2. The van der Waals surface area contributed by atoms with E-state index in [1.807, 2.05) is 6.07 Å². The number of benzene rings is 1. The number of rotatable bonds is 5. The van der Waals surface area contributed by atoms with Gasteiger partial charge in [-0.1, -0.05) is 30.3 Å². The first-order chi connectivity index (χ1) is 11.3. The summed E-state index contributed by atoms with van der Waals surface area (Å²) in [4.78, 5) is 28.3. The normalized spacial score (nSPS) is 10.3. The van der Waals surface area contributed by atoms with Gasteiger partial charge in [-0.15, -0.1) is 0 Å². The molecule has 1 amide bonds. The Morgan fingerprint density at radius 3 is 2.52 bits per heavy atom. The van der Waals surface area contributed by atoms with Gasteiger partial charge in [-0.2, -0.15) is 5.10 Å². The molecule has 0 aliphatic carbocycles. The Hall–Kier alpha value is -3.28. The molecule has 6 heteroatoms. The van der Waals surface area contributed by atoms with Gasteiger partial charge in [0.15, 0.2) is 5.78 Å². The number of aromatic amines is 1. The fourth-order valence-corrected chi connectivity index (χ4v) is 2.18. The largest absolute Gasteiger partial charge is 0.343 e. The molecule has 2 N–H and O–H groups in total. The van der Waals surface area contributed by atoms with E-state index in [9.17, 15) is 9.59 Å². The van der Waals surface area contributed by atoms with E-state index in [2.05, 4.69) is 20.5 Å². The number of ketones is 1. The Kier molecular flexibility index (Phi) is 4.24. The quantitative estimate of drug-likeness (QED) is 0.706. The molecule has 0 unspecified atom stereocenters. The van der Waals surface area contributed by atoms with Crippen molar-refractivity contribution in [2.75, 3.05) is 6.54 Å². The average molecular weight is 306 g/mol. The van der Waals surface area contributed by atoms with Crippen LogP contribution in [-0.2, 0) is 0 Å². The highest BCUT2D eigenvalue weighted by Gasteiger charge is 2.16. The van der Waals surface area contributed by atoms with Gasteiger partial charge < -0.3 is 5.32 Å². The second-order valence-electron chi connectivity index (χ2n) is 4.87. The van der Waals surface area contributed by atoms with Crippen LogP contribution in [0.4, 0.5) is 0 Å². The van der Waals surface area contributed by atoms with Crippen LogP contribution in [-0.4, -0.2) is 33.4 Å². The number of pyridine rings is 1. The zero-order valence-corrected chi connectivity index (χ0v) is 12.2. The molecule has 0 saturated carbocycles. The lowest BCUT2D eigenvalue weighted by molar-refractivity contribution is 0.0901. The summed E-state index contributed by atoms with van der Waals surface area (Å²) >= 11 is 0. The predicted molar refractivity (Wildman–Crippen MR) is 84.9 cm³/mol. The first-order valence-corrected chi connectivity index (χ1v) is 7.06. The van der Waals surface area contributed by atoms with E-state index in [4.69, 9.17) is 0 Å². The second kappa shape index (κ2) is 6.65. The van der Waals surface area contributed by atoms with E-state index >= 15 is 0 Å². The Labute approximate surface area is 132 Å². The number of Topliss-reactive ketones (excluding diaryl/α,β-unsaturated/α-hetero) is 1. The molecule has 0 saturated heterocycles. The number of hydrogen-bond donors (Lipinski definition) is 2. The molecule has 1 aromatic carbocycles. The highest BCUT2D eigenvalue weighted by molar-refractivity contribution is 6.03. The summed E-state index contributed by atoms with van der Waals surface area (Å²) in [6.07, 6.45) is 4.86. The number of nitrogens with one attached hydrogen (secondary N) is 2. The third-order valence-corrected chi connectivity index (χ3v) is 3.36. The van der Waals surface area contributed by atoms with E-state index in [1.54, 1.807) is 55.0 Å². The molecular weight excluding hydrogens is 292 g/mol. The summed E-state index contributed by atoms with van der Waals surface area (Å²) in [5.74, 6) is -0.525. The molecule has 0 atom stereocenters. The molecule has 23 heavy (non-hydrogen) atoms. The number of aromatic nitrogens is 3. The van der Waals surface area contributed by atoms with Gasteiger partial charge in [-0.3, -0.25) is 19.7 Å². The van der Waals surface area contributed by atoms with E-state index in [-0.39, 0.29) is 18.2 Å². The van der Waals surface area contributed by atoms with Crippen LogP contribution in [0.1, 0.15) is 20.8 Å². The molecule has 3 rings (SSSR count). The lowest BCUT2D eigenvalue weighted by Crippen LogP contribution is -2.30. The molecular formula is C17H14N4O2. The maximum absolute atomic E-state index is 12.3. The molecule has 0 fully saturated rings. The summed E-state index contributed by atoms with van der Waals surface area (Å²) in [6.45, 7) is -0.0718. The van der Waals surface area contributed by atoms with Gasteiger partial charge in [0.2, 0.25) is 0 Å². The van der Waals surface area contributed by atoms with Crippen molar-refractivity contribution in [3.8, 4) is 11.1 Å². The first-order valence-electron chi connectivity index (χ1n) is 7.06. The van der Waals surface area contributed by atoms with E-state index in [0.29, 0.717) is 16.8 Å². The standard InChI is InChI=1S/C17H14N4O2/c22-15(13-4-2-1-3-5-13)11-19-17(23)16-14(10-20-21-16)12-6-8-18-9-7-12/h1-10H,11H2,(H,19,23)(H,20,21). The lowest BCUT2D eigenvalue weighted by atomic mass is 10.1. The Balaban J connectivity index is 1.70. The van der Waals surface area contributed by atoms with Crippen molar-refractivity contribution in [1.82, 2.24) is 20.5 Å². The van der Waals surface area contributed by atoms with Crippen molar-refractivity contribution in [2.45, 2.75) is 0 Å². The lowest BCUT2D eigenvalue weighted by Gasteiger charge is -2.05. The van der Waals surface area contributed by atoms with E-state index < -0.39 is 0 Å². The van der Waals surface area contributed by atoms with Gasteiger partial charge >= 0.3 is 0 Å². The van der Waals surface area contributed by atoms with Crippen molar-refractivity contribution in [2.24, 2.45) is 0 Å². The van der Waals surface area contributed by atoms with Crippen molar-refractivity contribution < 1.29 is 9.59 Å². The first kappa shape index (κ1) is 14.6. The molecule has 3 aromatic rings. The topological polar surface area (TPSA) is 87.7 Å². The SMILES string of the molecule is O=C(CNC(=O)c1[nH]ncc1-c1ccncc1)c1ccccc1. The highest BCUT2D eigenvalue weighted by Crippen LogP contribution is 2.20. The molecule has 114 valence electrons. The summed E-state index contributed by atoms with van der Waals surface area (Å²) in [6, 6.07) is 12.4. The van der Waals surface area contributed by atoms with Crippen molar-refractivity contribution in [3.05, 3.63) is 72.3 Å². The summed E-state index contributed by atoms with van der Waals surface area (Å²) in [5.41, 5.74) is 2.37. The van der Waals surface area contributed by atoms with Gasteiger partial charge in [-0.05, 0) is 17.7 Å². The molecule has 0 aliphatic rings. The summed E-state index contributed by atoms with van der Waals surface area (Å²) in [5, 5.41) is 9.21. The van der Waals surface area contributed by atoms with Gasteiger partial charge in [0.1, 0.15) is 5.69 Å². The maximum atomic E-state index is 12.3. The van der Waals surface area contributed by atoms with Crippen LogP contribution in [0.15, 0.2) is 61.1 Å². The van der Waals surface area contributed by atoms with Crippen LogP contribution in [0.25, 0.3) is 11.1 Å². The predicted octanol–water partition coefficient (Wildman–Crippen LogP) is 2.08. The van der Waals surface area contributed by atoms with Crippen molar-refractivity contribution in [1.29, 1.82) is 0 Å². The number of H-pyrrole nitrogens is 1. The molecule has 2 aromatic heterocycles. The maximum Gasteiger partial charge on any atom is 0.270 e. The van der Waals surface area contributed by atoms with Crippen LogP contribution < -0.4 is 5.32 Å². The smallest absolute Gasteiger partial charge is 0.270 e. The van der Waals surface area contributed by atoms with Crippen LogP contribution in [0.3, 0.4) is 0 Å². The van der Waals surface area contributed by atoms with Crippen molar-refractivity contribution >= 4 is 11.7 Å². The fourth-order valence-electron chi connectivity index (χ4n) is 2.18. The zero-order valence-electron chi connectivity index (χ0n) is 12.2. The van der Waals surface area contributed by atoms with Crippen molar-refractivity contribution in [3.63, 3.8) is 0 Å². The van der Waals surface area contributed by atoms with Gasteiger partial charge in [0, 0.05) is 23.5 Å². The zero-order chi connectivity index (χ0) is 16.1. The van der Waals surface area contributed by atoms with Crippen LogP contribution in [0.2, 0.25) is 0 Å². The monoisotopic (exact) mass is 306 g/mol. The summed E-state index contributed by atoms with van der Waals surface area (Å²) in [7, 11) is 0. The third kappa shape index (κ3) is 3.32. The average Bonchev–Trinajstić information content (AvgIpc) is 3.11. The molecule has 0 bridgehead atoms. The molecule has 0 aliphatic heterocycles. The molecule has 0 radical (unpaired) electrons. The highest BCUT2D eigenvalue weighted by atomic mass is 16.2. The van der Waals surface area contributed by atoms with E-state index in [1.165, 1.54) is 0 Å². The molecule has 0 spiro atoms. The molecule has 6 nitrogen and oxygen atoms in total. The van der Waals surface area contributed by atoms with Crippen LogP contribution >= 0.6 is 0 Å². The number of nitrogens with zero attached hydrogens (tertiary/aromatic N) is 2. The minimum atomic E-state index is -0.376. The minimum absolute atomic E-state index is 0.0718. The second-order valence-corrected chi connectivity index (χ2v) is 4.87. The van der Waals surface area contributed by atoms with Crippen LogP contribution in [0.5, 0.6) is 0 Å². The third-order valence-electron chi connectivity index (χ3n) is 3.36. The van der Waals surface area contributed by atoms with Gasteiger partial charge in [0.05, 0.1) is 12.7 Å². The van der Waals surface area contributed by atoms with Crippen LogP contribution in [0, 0.1) is 0 Å². The van der Waals surface area contributed by atoms with Gasteiger partial charge in [-0.25, -0.2) is 0 Å². The minimum Gasteiger partial charge on any atom is -0.343 e. The Morgan fingerprint density at radius 1 is 1.04 bits per heavy atom. The number of hydrogen-bond acceptors (Lipinski definition) is 4. The number of carbonyl (C=O) groups excluding carboxylic acids is 2.